The Kier molecular flexibility index (Phi) is 4.36. The SMILES string of the molecule is CNC(=O)c1ccc(N2CCCSCC2)c(N)c1. The fourth-order valence-corrected chi connectivity index (χ4v) is 3.00. The molecule has 1 fully saturated rings. The van der Waals surface area contributed by atoms with Gasteiger partial charge in [0.1, 0.15) is 0 Å². The summed E-state index contributed by atoms with van der Waals surface area (Å²) in [5.74, 6) is 2.25. The molecule has 5 heteroatoms. The second-order valence-corrected chi connectivity index (χ2v) is 5.53. The normalized spacial score (nSPS) is 16.2. The van der Waals surface area contributed by atoms with Crippen LogP contribution in [0.1, 0.15) is 16.8 Å². The van der Waals surface area contributed by atoms with Gasteiger partial charge in [-0.25, -0.2) is 0 Å². The number of nitrogen functional groups attached to an aromatic ring is 1. The number of rotatable bonds is 2. The minimum Gasteiger partial charge on any atom is -0.397 e. The third-order valence-electron chi connectivity index (χ3n) is 3.08. The van der Waals surface area contributed by atoms with Crippen LogP contribution in [0.4, 0.5) is 11.4 Å². The van der Waals surface area contributed by atoms with Crippen molar-refractivity contribution in [1.29, 1.82) is 0 Å². The molecule has 3 N–H and O–H groups in total. The van der Waals surface area contributed by atoms with Gasteiger partial charge in [0.05, 0.1) is 11.4 Å². The molecule has 0 aliphatic carbocycles. The van der Waals surface area contributed by atoms with Crippen LogP contribution in [0.2, 0.25) is 0 Å². The maximum absolute atomic E-state index is 11.5. The van der Waals surface area contributed by atoms with E-state index in [0.29, 0.717) is 11.3 Å². The topological polar surface area (TPSA) is 58.4 Å². The molecule has 1 aliphatic heterocycles. The fraction of sp³-hybridized carbons (Fsp3) is 0.462. The molecule has 2 rings (SSSR count). The molecule has 0 spiro atoms. The van der Waals surface area contributed by atoms with Crippen molar-refractivity contribution in [2.45, 2.75) is 6.42 Å². The van der Waals surface area contributed by atoms with Crippen LogP contribution < -0.4 is 16.0 Å². The van der Waals surface area contributed by atoms with Crippen LogP contribution in [-0.4, -0.2) is 37.6 Å². The fourth-order valence-electron chi connectivity index (χ4n) is 2.12. The molecule has 1 saturated heterocycles. The minimum absolute atomic E-state index is 0.0975. The van der Waals surface area contributed by atoms with E-state index in [-0.39, 0.29) is 5.91 Å². The Morgan fingerprint density at radius 3 is 2.94 bits per heavy atom. The Labute approximate surface area is 112 Å². The Balaban J connectivity index is 2.20. The van der Waals surface area contributed by atoms with Crippen molar-refractivity contribution in [1.82, 2.24) is 5.32 Å². The Morgan fingerprint density at radius 2 is 2.22 bits per heavy atom. The second kappa shape index (κ2) is 6.00. The molecule has 1 amide bonds. The first-order valence-electron chi connectivity index (χ1n) is 6.16. The third-order valence-corrected chi connectivity index (χ3v) is 4.13. The van der Waals surface area contributed by atoms with E-state index in [1.54, 1.807) is 13.1 Å². The summed E-state index contributed by atoms with van der Waals surface area (Å²) in [5.41, 5.74) is 8.41. The lowest BCUT2D eigenvalue weighted by Crippen LogP contribution is -2.26. The molecule has 98 valence electrons. The predicted molar refractivity (Wildman–Crippen MR) is 78.4 cm³/mol. The maximum Gasteiger partial charge on any atom is 0.251 e. The molecule has 0 unspecified atom stereocenters. The van der Waals surface area contributed by atoms with Crippen LogP contribution >= 0.6 is 11.8 Å². The number of nitrogens with two attached hydrogens (primary N) is 1. The van der Waals surface area contributed by atoms with E-state index in [9.17, 15) is 4.79 Å². The molecular formula is C13H19N3OS. The van der Waals surface area contributed by atoms with Crippen LogP contribution in [0.25, 0.3) is 0 Å². The summed E-state index contributed by atoms with van der Waals surface area (Å²) in [6.07, 6.45) is 1.18. The van der Waals surface area contributed by atoms with Crippen molar-refractivity contribution in [2.24, 2.45) is 0 Å². The predicted octanol–water partition coefficient (Wildman–Crippen LogP) is 1.57. The molecule has 4 nitrogen and oxygen atoms in total. The lowest BCUT2D eigenvalue weighted by Gasteiger charge is -2.24. The monoisotopic (exact) mass is 265 g/mol. The van der Waals surface area contributed by atoms with Crippen molar-refractivity contribution in [3.63, 3.8) is 0 Å². The third kappa shape index (κ3) is 2.90. The molecule has 0 saturated carbocycles. The van der Waals surface area contributed by atoms with Gasteiger partial charge >= 0.3 is 0 Å². The van der Waals surface area contributed by atoms with Crippen LogP contribution in [-0.2, 0) is 0 Å². The van der Waals surface area contributed by atoms with Crippen LogP contribution in [0, 0.1) is 0 Å². The Morgan fingerprint density at radius 1 is 1.39 bits per heavy atom. The van der Waals surface area contributed by atoms with Gasteiger partial charge in [0.2, 0.25) is 0 Å². The molecule has 0 atom stereocenters. The van der Waals surface area contributed by atoms with Gasteiger partial charge in [-0.1, -0.05) is 0 Å². The second-order valence-electron chi connectivity index (χ2n) is 4.31. The highest BCUT2D eigenvalue weighted by Crippen LogP contribution is 2.26. The summed E-state index contributed by atoms with van der Waals surface area (Å²) in [7, 11) is 1.62. The number of hydrogen-bond acceptors (Lipinski definition) is 4. The van der Waals surface area contributed by atoms with Gasteiger partial charge in [-0.05, 0) is 30.4 Å². The van der Waals surface area contributed by atoms with Gasteiger partial charge in [0.15, 0.2) is 0 Å². The van der Waals surface area contributed by atoms with Gasteiger partial charge in [-0.3, -0.25) is 4.79 Å². The van der Waals surface area contributed by atoms with Gasteiger partial charge in [-0.15, -0.1) is 0 Å². The first kappa shape index (κ1) is 13.1. The molecule has 0 bridgehead atoms. The van der Waals surface area contributed by atoms with Gasteiger partial charge in [-0.2, -0.15) is 11.8 Å². The largest absolute Gasteiger partial charge is 0.397 e. The first-order chi connectivity index (χ1) is 8.72. The van der Waals surface area contributed by atoms with E-state index in [2.05, 4.69) is 10.2 Å². The van der Waals surface area contributed by atoms with E-state index >= 15 is 0 Å². The first-order valence-corrected chi connectivity index (χ1v) is 7.32. The number of amides is 1. The number of hydrogen-bond donors (Lipinski definition) is 2. The molecule has 0 radical (unpaired) electrons. The molecule has 1 heterocycles. The maximum atomic E-state index is 11.5. The zero-order chi connectivity index (χ0) is 13.0. The standard InChI is InChI=1S/C13H19N3OS/c1-15-13(17)10-3-4-12(11(14)9-10)16-5-2-7-18-8-6-16/h3-4,9H,2,5-8,14H2,1H3,(H,15,17). The van der Waals surface area contributed by atoms with E-state index in [0.717, 1.165) is 24.5 Å². The van der Waals surface area contributed by atoms with E-state index in [4.69, 9.17) is 5.73 Å². The summed E-state index contributed by atoms with van der Waals surface area (Å²) < 4.78 is 0. The molecule has 18 heavy (non-hydrogen) atoms. The molecule has 1 aromatic carbocycles. The summed E-state index contributed by atoms with van der Waals surface area (Å²) in [5, 5.41) is 2.61. The summed E-state index contributed by atoms with van der Waals surface area (Å²) in [4.78, 5) is 13.8. The Bertz CT molecular complexity index is 428. The van der Waals surface area contributed by atoms with Gasteiger partial charge < -0.3 is 16.0 Å². The lowest BCUT2D eigenvalue weighted by atomic mass is 10.1. The van der Waals surface area contributed by atoms with Crippen molar-refractivity contribution < 1.29 is 4.79 Å². The number of carbonyl (C=O) groups is 1. The number of nitrogens with zero attached hydrogens (tertiary/aromatic N) is 1. The average molecular weight is 265 g/mol. The summed E-state index contributed by atoms with van der Waals surface area (Å²) >= 11 is 1.99. The highest BCUT2D eigenvalue weighted by atomic mass is 32.2. The van der Waals surface area contributed by atoms with Crippen molar-refractivity contribution in [2.75, 3.05) is 42.3 Å². The minimum atomic E-state index is -0.0975. The van der Waals surface area contributed by atoms with E-state index in [1.165, 1.54) is 12.2 Å². The van der Waals surface area contributed by atoms with Crippen molar-refractivity contribution in [3.05, 3.63) is 23.8 Å². The molecule has 1 aliphatic rings. The van der Waals surface area contributed by atoms with Crippen molar-refractivity contribution >= 4 is 29.0 Å². The zero-order valence-corrected chi connectivity index (χ0v) is 11.4. The van der Waals surface area contributed by atoms with E-state index < -0.39 is 0 Å². The molecule has 1 aromatic rings. The van der Waals surface area contributed by atoms with Crippen LogP contribution in [0.15, 0.2) is 18.2 Å². The van der Waals surface area contributed by atoms with Crippen molar-refractivity contribution in [3.8, 4) is 0 Å². The molecular weight excluding hydrogens is 246 g/mol. The quantitative estimate of drug-likeness (QED) is 0.797. The summed E-state index contributed by atoms with van der Waals surface area (Å²) in [6, 6.07) is 5.55. The zero-order valence-electron chi connectivity index (χ0n) is 10.6. The van der Waals surface area contributed by atoms with Crippen LogP contribution in [0.3, 0.4) is 0 Å². The number of benzene rings is 1. The van der Waals surface area contributed by atoms with Gasteiger partial charge in [0, 0.05) is 31.5 Å². The number of nitrogens with one attached hydrogen (secondary N) is 1. The molecule has 0 aromatic heterocycles. The van der Waals surface area contributed by atoms with Crippen LogP contribution in [0.5, 0.6) is 0 Å². The average Bonchev–Trinajstić information content (AvgIpc) is 2.66. The lowest BCUT2D eigenvalue weighted by molar-refractivity contribution is 0.0963. The number of thioether (sulfide) groups is 1. The highest BCUT2D eigenvalue weighted by molar-refractivity contribution is 7.99. The smallest absolute Gasteiger partial charge is 0.251 e. The number of anilines is 2. The highest BCUT2D eigenvalue weighted by Gasteiger charge is 2.14. The number of carbonyl (C=O) groups excluding carboxylic acids is 1. The van der Waals surface area contributed by atoms with E-state index in [1.807, 2.05) is 23.9 Å². The van der Waals surface area contributed by atoms with Gasteiger partial charge in [0.25, 0.3) is 5.91 Å². The summed E-state index contributed by atoms with van der Waals surface area (Å²) in [6.45, 7) is 2.06. The Hall–Kier alpha value is -1.36.